The summed E-state index contributed by atoms with van der Waals surface area (Å²) < 4.78 is 0. The molecule has 17 N–H and O–H groups in total. The number of para-hydroxylation sites is 1. The number of rotatable bonds is 25. The van der Waals surface area contributed by atoms with Gasteiger partial charge >= 0.3 is 0 Å². The highest BCUT2D eigenvalue weighted by Gasteiger charge is 2.40. The van der Waals surface area contributed by atoms with Crippen molar-refractivity contribution in [2.24, 2.45) is 35.0 Å². The monoisotopic (exact) mass is 1330 g/mol. The lowest BCUT2D eigenvalue weighted by Crippen LogP contribution is -2.62. The Labute approximate surface area is 557 Å². The van der Waals surface area contributed by atoms with Gasteiger partial charge in [0.15, 0.2) is 5.78 Å². The minimum atomic E-state index is -1.75. The quantitative estimate of drug-likeness (QED) is 0.0426. The Morgan fingerprint density at radius 1 is 0.684 bits per heavy atom. The molecule has 0 fully saturated rings. The number of aromatic amines is 1. The van der Waals surface area contributed by atoms with Gasteiger partial charge in [-0.15, -0.1) is 0 Å². The average molecular weight is 1330 g/mol. The van der Waals surface area contributed by atoms with E-state index in [0.717, 1.165) is 10.9 Å². The second kappa shape index (κ2) is 40.7. The zero-order chi connectivity index (χ0) is 71.9. The molecule has 3 unspecified atom stereocenters. The number of Topliss-reactive ketones (excluding diaryl/α,β-unsaturated/α-hetero) is 6. The molecule has 2 aromatic rings. The summed E-state index contributed by atoms with van der Waals surface area (Å²) in [5.41, 5.74) is 13.8. The minimum Gasteiger partial charge on any atom is -0.370 e. The number of amides is 8. The summed E-state index contributed by atoms with van der Waals surface area (Å²) in [6.45, 7) is 17.1. The second-order valence-electron chi connectivity index (χ2n) is 25.1. The number of nitrogens with two attached hydrogens (primary N) is 3. The molecule has 0 saturated heterocycles. The van der Waals surface area contributed by atoms with Gasteiger partial charge < -0.3 is 64.7 Å². The molecule has 0 spiro atoms. The maximum Gasteiger partial charge on any atom is 0.246 e. The highest BCUT2D eigenvalue weighted by atomic mass is 16.2. The first kappa shape index (κ1) is 82.6. The largest absolute Gasteiger partial charge is 0.370 e. The lowest BCUT2D eigenvalue weighted by atomic mass is 9.89. The van der Waals surface area contributed by atoms with Crippen LogP contribution in [0.3, 0.4) is 0 Å². The van der Waals surface area contributed by atoms with E-state index in [-0.39, 0.29) is 88.6 Å². The molecule has 28 heteroatoms. The molecule has 524 valence electrons. The fourth-order valence-electron chi connectivity index (χ4n) is 10.00. The second-order valence-corrected chi connectivity index (χ2v) is 25.1. The predicted octanol–water partition coefficient (Wildman–Crippen LogP) is -0.839. The van der Waals surface area contributed by atoms with E-state index >= 15 is 0 Å². The number of nitrogens with one attached hydrogen (secondary N) is 11. The molecule has 0 aliphatic carbocycles. The van der Waals surface area contributed by atoms with E-state index in [0.29, 0.717) is 31.2 Å². The fourth-order valence-corrected chi connectivity index (χ4v) is 10.00. The smallest absolute Gasteiger partial charge is 0.246 e. The number of carbonyl (C=O) groups is 14. The van der Waals surface area contributed by atoms with E-state index < -0.39 is 142 Å². The Balaban J connectivity index is 0.0000152. The number of ketones is 6. The molecule has 0 radical (unpaired) electrons. The third-order valence-electron chi connectivity index (χ3n) is 16.2. The summed E-state index contributed by atoms with van der Waals surface area (Å²) in [7, 11) is 1.50. The van der Waals surface area contributed by atoms with E-state index in [9.17, 15) is 67.1 Å². The van der Waals surface area contributed by atoms with E-state index in [1.54, 1.807) is 20.0 Å². The molecule has 1 aromatic heterocycles. The molecule has 1 aliphatic rings. The van der Waals surface area contributed by atoms with Gasteiger partial charge in [0.2, 0.25) is 70.4 Å². The molecular weight excluding hydrogens is 1220 g/mol. The molecule has 8 amide bonds. The van der Waals surface area contributed by atoms with Gasteiger partial charge in [-0.05, 0) is 144 Å². The molecule has 1 aliphatic heterocycles. The third-order valence-corrected chi connectivity index (χ3v) is 16.2. The number of fused-ring (bicyclic) bond motifs is 1. The normalized spacial score (nSPS) is 22.5. The average Bonchev–Trinajstić information content (AvgIpc) is 1.83. The van der Waals surface area contributed by atoms with Crippen LogP contribution in [-0.4, -0.2) is 180 Å². The zero-order valence-electron chi connectivity index (χ0n) is 57.3. The van der Waals surface area contributed by atoms with E-state index in [1.165, 1.54) is 62.4 Å². The predicted molar refractivity (Wildman–Crippen MR) is 357 cm³/mol. The zero-order valence-corrected chi connectivity index (χ0v) is 57.3. The van der Waals surface area contributed by atoms with Crippen LogP contribution in [-0.2, 0) is 73.5 Å². The van der Waals surface area contributed by atoms with Crippen molar-refractivity contribution in [3.8, 4) is 23.7 Å². The minimum absolute atomic E-state index is 0.0305. The van der Waals surface area contributed by atoms with Gasteiger partial charge in [0.1, 0.15) is 29.4 Å². The van der Waals surface area contributed by atoms with Gasteiger partial charge in [-0.25, -0.2) is 0 Å². The molecule has 0 saturated carbocycles. The van der Waals surface area contributed by atoms with Crippen molar-refractivity contribution in [1.82, 2.24) is 58.2 Å². The van der Waals surface area contributed by atoms with Gasteiger partial charge in [-0.1, -0.05) is 57.2 Å². The van der Waals surface area contributed by atoms with Crippen LogP contribution in [0.4, 0.5) is 0 Å². The summed E-state index contributed by atoms with van der Waals surface area (Å²) in [5.74, 6) is -0.591. The first-order valence-corrected chi connectivity index (χ1v) is 32.3. The lowest BCUT2D eigenvalue weighted by Gasteiger charge is -2.33. The first-order chi connectivity index (χ1) is 44.6. The fraction of sp³-hybridized carbons (Fsp3) is 0.612. The molecule has 95 heavy (non-hydrogen) atoms. The number of benzene rings is 1. The summed E-state index contributed by atoms with van der Waals surface area (Å²) >= 11 is 0. The van der Waals surface area contributed by atoms with Gasteiger partial charge in [0, 0.05) is 55.4 Å². The molecule has 1 aromatic carbocycles. The van der Waals surface area contributed by atoms with Crippen LogP contribution in [0.25, 0.3) is 10.9 Å². The molecular formula is C67H102N14O14. The SMILES string of the molecule is CC(=O)CN[C@]1(C)CCCCC#CC#CCCC[C@@](C)(C(=O)NC(C)C(=O)N[C@@H](C)C(=O)NC(C)C(=O)N[C@@H](C)C(=O)C(=O)[C@H](C)NC[C@H](C)C(N)=O)NC(=O)[C@H](CC(C)C)CN[C@@H](CCC(N)=O)C(=O)C(=O)C(C)NC(=O)[C@H](Cc2c[nH]c3ccccc23)NCC1=O.CN. The number of H-pyrrole nitrogens is 1. The van der Waals surface area contributed by atoms with Crippen molar-refractivity contribution in [3.63, 3.8) is 0 Å². The number of aromatic nitrogens is 1. The van der Waals surface area contributed by atoms with E-state index in [1.807, 2.05) is 38.1 Å². The first-order valence-electron chi connectivity index (χ1n) is 32.3. The number of carbonyl (C=O) groups excluding carboxylic acids is 14. The van der Waals surface area contributed by atoms with Crippen molar-refractivity contribution < 1.29 is 67.1 Å². The van der Waals surface area contributed by atoms with Crippen LogP contribution in [0.15, 0.2) is 30.5 Å². The van der Waals surface area contributed by atoms with Crippen molar-refractivity contribution in [3.05, 3.63) is 36.0 Å². The van der Waals surface area contributed by atoms with Crippen LogP contribution >= 0.6 is 0 Å². The van der Waals surface area contributed by atoms with Crippen LogP contribution < -0.4 is 70.4 Å². The summed E-state index contributed by atoms with van der Waals surface area (Å²) in [4.78, 5) is 191. The third kappa shape index (κ3) is 27.8. The number of primary amides is 2. The highest BCUT2D eigenvalue weighted by molar-refractivity contribution is 6.41. The molecule has 12 atom stereocenters. The van der Waals surface area contributed by atoms with Crippen molar-refractivity contribution >= 4 is 92.9 Å². The summed E-state index contributed by atoms with van der Waals surface area (Å²) in [6.07, 6.45) is 3.53. The van der Waals surface area contributed by atoms with Crippen LogP contribution in [0.5, 0.6) is 0 Å². The standard InChI is InChI=1S/C66H97N13O14.CH5N/c1-37(2)30-47-35-71-50(26-27-53(67)82)57(86)56(85)42(7)75-63(92)51(31-46-34-70-49-25-21-20-24-48(46)49)72-36-52(81)65(11,73-33-39(4)80)28-22-18-16-14-13-15-17-19-23-29-66(12,79-62(47)91)64(93)78-45(10)61(90)77-44(9)60(89)76-43(8)59(88)74-41(6)55(84)54(83)40(5)69-32-38(3)58(68)87;1-2/h20-21,24-25,34,37-38,40-45,47,50-51,69-73H,16,18-19,22-23,26-33,35-36H2,1-12H3,(H2,67,82)(H2,68,87)(H,74,88)(H,75,92)(H,76,89)(H,77,90)(H,78,93)(H,79,91);2H2,1H3/t38-,40-,41-,42?,43?,44-,45?,47+,50-,51-,65+,66-;/m0./s1. The van der Waals surface area contributed by atoms with Gasteiger partial charge in [0.05, 0.1) is 54.8 Å². The molecule has 2 heterocycles. The van der Waals surface area contributed by atoms with Crippen molar-refractivity contribution in [2.75, 3.05) is 33.2 Å². The Morgan fingerprint density at radius 3 is 1.83 bits per heavy atom. The molecule has 3 rings (SSSR count). The maximum absolute atomic E-state index is 14.6. The van der Waals surface area contributed by atoms with Crippen LogP contribution in [0, 0.1) is 41.4 Å². The maximum atomic E-state index is 14.6. The summed E-state index contributed by atoms with van der Waals surface area (Å²) in [5, 5.41) is 28.2. The van der Waals surface area contributed by atoms with Gasteiger partial charge in [0.25, 0.3) is 0 Å². The molecule has 0 bridgehead atoms. The van der Waals surface area contributed by atoms with Gasteiger partial charge in [-0.2, -0.15) is 0 Å². The number of hydrogen-bond acceptors (Lipinski definition) is 19. The van der Waals surface area contributed by atoms with Crippen molar-refractivity contribution in [2.45, 2.75) is 213 Å². The van der Waals surface area contributed by atoms with E-state index in [4.69, 9.17) is 11.5 Å². The topological polar surface area (TPSA) is 453 Å². The van der Waals surface area contributed by atoms with E-state index in [2.05, 4.69) is 87.6 Å². The van der Waals surface area contributed by atoms with Crippen molar-refractivity contribution in [1.29, 1.82) is 0 Å². The molecule has 28 nitrogen and oxygen atoms in total. The van der Waals surface area contributed by atoms with Crippen LogP contribution in [0.1, 0.15) is 153 Å². The Hall–Kier alpha value is -8.54. The Bertz CT molecular complexity index is 3200. The number of hydrogen-bond donors (Lipinski definition) is 14. The highest BCUT2D eigenvalue weighted by Crippen LogP contribution is 2.22. The summed E-state index contributed by atoms with van der Waals surface area (Å²) in [6, 6.07) is -2.73. The van der Waals surface area contributed by atoms with Gasteiger partial charge in [-0.3, -0.25) is 77.8 Å². The lowest BCUT2D eigenvalue weighted by molar-refractivity contribution is -0.140. The van der Waals surface area contributed by atoms with Crippen LogP contribution in [0.2, 0.25) is 0 Å². The Morgan fingerprint density at radius 2 is 1.25 bits per heavy atom. The Kier molecular flexibility index (Phi) is 35.3.